The highest BCUT2D eigenvalue weighted by molar-refractivity contribution is 5.88. The molecule has 3 heterocycles. The molecule has 1 fully saturated rings. The molecule has 7 heteroatoms. The Morgan fingerprint density at radius 1 is 1.52 bits per heavy atom. The van der Waals surface area contributed by atoms with Crippen molar-refractivity contribution < 1.29 is 18.7 Å². The van der Waals surface area contributed by atoms with Gasteiger partial charge in [-0.2, -0.15) is 0 Å². The lowest BCUT2D eigenvalue weighted by molar-refractivity contribution is -0.128. The summed E-state index contributed by atoms with van der Waals surface area (Å²) in [5.74, 6) is 1.72. The molecule has 0 aromatic carbocycles. The summed E-state index contributed by atoms with van der Waals surface area (Å²) in [6.45, 7) is 7.44. The fraction of sp³-hybridized carbons (Fsp3) is 0.500. The Balaban J connectivity index is 1.78. The molecular weight excluding hydrogens is 322 g/mol. The number of ether oxygens (including phenoxy) is 1. The van der Waals surface area contributed by atoms with E-state index < -0.39 is 5.97 Å². The van der Waals surface area contributed by atoms with E-state index in [0.717, 1.165) is 23.6 Å². The zero-order chi connectivity index (χ0) is 18.1. The number of furan rings is 1. The lowest BCUT2D eigenvalue weighted by atomic mass is 10.1. The minimum absolute atomic E-state index is 0.0623. The predicted molar refractivity (Wildman–Crippen MR) is 91.1 cm³/mol. The van der Waals surface area contributed by atoms with Gasteiger partial charge in [-0.25, -0.2) is 9.78 Å². The van der Waals surface area contributed by atoms with Crippen LogP contribution in [-0.4, -0.2) is 46.9 Å². The van der Waals surface area contributed by atoms with Gasteiger partial charge in [0, 0.05) is 37.1 Å². The van der Waals surface area contributed by atoms with Gasteiger partial charge in [-0.05, 0) is 12.8 Å². The third-order valence-electron chi connectivity index (χ3n) is 4.38. The molecule has 0 spiro atoms. The number of H-pyrrole nitrogens is 1. The molecule has 134 valence electrons. The second kappa shape index (κ2) is 6.74. The van der Waals surface area contributed by atoms with Crippen LogP contribution in [0, 0.1) is 12.8 Å². The average molecular weight is 345 g/mol. The standard InChI is InChI=1S/C18H23N3O4/c1-10(2)8-21-9-12(5-16(21)22)17-19-7-14(20-17)13-6-15(18(23)24-4)25-11(13)3/h6-7,10,12H,5,8-9H2,1-4H3,(H,19,20). The predicted octanol–water partition coefficient (Wildman–Crippen LogP) is 2.74. The Kier molecular flexibility index (Phi) is 4.65. The van der Waals surface area contributed by atoms with Crippen LogP contribution < -0.4 is 0 Å². The van der Waals surface area contributed by atoms with Crippen molar-refractivity contribution in [2.45, 2.75) is 33.1 Å². The number of esters is 1. The molecule has 2 aromatic rings. The van der Waals surface area contributed by atoms with Crippen LogP contribution >= 0.6 is 0 Å². The van der Waals surface area contributed by atoms with E-state index >= 15 is 0 Å². The fourth-order valence-corrected chi connectivity index (χ4v) is 3.20. The largest absolute Gasteiger partial charge is 0.463 e. The molecular formula is C18H23N3O4. The van der Waals surface area contributed by atoms with Gasteiger partial charge in [0.1, 0.15) is 11.6 Å². The van der Waals surface area contributed by atoms with E-state index in [1.165, 1.54) is 7.11 Å². The summed E-state index contributed by atoms with van der Waals surface area (Å²) in [7, 11) is 1.31. The molecule has 0 bridgehead atoms. The van der Waals surface area contributed by atoms with Gasteiger partial charge in [-0.15, -0.1) is 0 Å². The third-order valence-corrected chi connectivity index (χ3v) is 4.38. The number of hydrogen-bond acceptors (Lipinski definition) is 5. The van der Waals surface area contributed by atoms with Crippen LogP contribution in [0.3, 0.4) is 0 Å². The van der Waals surface area contributed by atoms with Crippen molar-refractivity contribution in [1.82, 2.24) is 14.9 Å². The van der Waals surface area contributed by atoms with E-state index in [-0.39, 0.29) is 17.6 Å². The highest BCUT2D eigenvalue weighted by Gasteiger charge is 2.32. The zero-order valence-electron chi connectivity index (χ0n) is 15.0. The number of aromatic amines is 1. The number of hydrogen-bond donors (Lipinski definition) is 1. The summed E-state index contributed by atoms with van der Waals surface area (Å²) >= 11 is 0. The van der Waals surface area contributed by atoms with Crippen LogP contribution in [0.1, 0.15) is 48.3 Å². The molecule has 1 atom stereocenters. The van der Waals surface area contributed by atoms with Crippen molar-refractivity contribution in [1.29, 1.82) is 0 Å². The second-order valence-electron chi connectivity index (χ2n) is 6.85. The Morgan fingerprint density at radius 3 is 2.96 bits per heavy atom. The maximum absolute atomic E-state index is 12.2. The van der Waals surface area contributed by atoms with Gasteiger partial charge in [-0.1, -0.05) is 13.8 Å². The summed E-state index contributed by atoms with van der Waals surface area (Å²) in [4.78, 5) is 33.4. The molecule has 2 aromatic heterocycles. The van der Waals surface area contributed by atoms with E-state index in [9.17, 15) is 9.59 Å². The number of carbonyl (C=O) groups excluding carboxylic acids is 2. The highest BCUT2D eigenvalue weighted by atomic mass is 16.5. The molecule has 25 heavy (non-hydrogen) atoms. The Hall–Kier alpha value is -2.57. The van der Waals surface area contributed by atoms with E-state index in [1.807, 2.05) is 4.90 Å². The molecule has 0 radical (unpaired) electrons. The molecule has 1 amide bonds. The van der Waals surface area contributed by atoms with Crippen LogP contribution in [0.25, 0.3) is 11.3 Å². The quantitative estimate of drug-likeness (QED) is 0.842. The van der Waals surface area contributed by atoms with Gasteiger partial charge in [0.2, 0.25) is 11.7 Å². The molecule has 7 nitrogen and oxygen atoms in total. The van der Waals surface area contributed by atoms with Gasteiger partial charge in [0.15, 0.2) is 0 Å². The van der Waals surface area contributed by atoms with Crippen molar-refractivity contribution in [3.8, 4) is 11.3 Å². The van der Waals surface area contributed by atoms with Crippen molar-refractivity contribution in [2.24, 2.45) is 5.92 Å². The summed E-state index contributed by atoms with van der Waals surface area (Å²) < 4.78 is 10.1. The number of nitrogens with one attached hydrogen (secondary N) is 1. The molecule has 1 aliphatic heterocycles. The normalized spacial score (nSPS) is 17.6. The number of aromatic nitrogens is 2. The number of amides is 1. The molecule has 0 saturated carbocycles. The Morgan fingerprint density at radius 2 is 2.28 bits per heavy atom. The summed E-state index contributed by atoms with van der Waals surface area (Å²) in [6, 6.07) is 1.64. The molecule has 3 rings (SSSR count). The zero-order valence-corrected chi connectivity index (χ0v) is 15.0. The second-order valence-corrected chi connectivity index (χ2v) is 6.85. The maximum Gasteiger partial charge on any atom is 0.373 e. The maximum atomic E-state index is 12.2. The van der Waals surface area contributed by atoms with Crippen LogP contribution in [-0.2, 0) is 9.53 Å². The lowest BCUT2D eigenvalue weighted by Crippen LogP contribution is -2.29. The minimum Gasteiger partial charge on any atom is -0.463 e. The van der Waals surface area contributed by atoms with Crippen molar-refractivity contribution in [3.05, 3.63) is 29.6 Å². The molecule has 1 aliphatic rings. The monoisotopic (exact) mass is 345 g/mol. The van der Waals surface area contributed by atoms with Crippen molar-refractivity contribution in [3.63, 3.8) is 0 Å². The first-order chi connectivity index (χ1) is 11.9. The SMILES string of the molecule is COC(=O)c1cc(-c2cnc(C3CC(=O)N(CC(C)C)C3)[nH]2)c(C)o1. The average Bonchev–Trinajstić information content (AvgIpc) is 3.25. The van der Waals surface area contributed by atoms with Crippen LogP contribution in [0.5, 0.6) is 0 Å². The summed E-state index contributed by atoms with van der Waals surface area (Å²) in [5, 5.41) is 0. The van der Waals surface area contributed by atoms with Gasteiger partial charge in [0.05, 0.1) is 19.0 Å². The number of nitrogens with zero attached hydrogens (tertiary/aromatic N) is 2. The number of likely N-dealkylation sites (tertiary alicyclic amines) is 1. The highest BCUT2D eigenvalue weighted by Crippen LogP contribution is 2.30. The van der Waals surface area contributed by atoms with E-state index in [1.54, 1.807) is 19.2 Å². The number of methoxy groups -OCH3 is 1. The number of carbonyl (C=O) groups is 2. The first-order valence-corrected chi connectivity index (χ1v) is 8.40. The third kappa shape index (κ3) is 3.45. The fourth-order valence-electron chi connectivity index (χ4n) is 3.20. The van der Waals surface area contributed by atoms with Gasteiger partial charge >= 0.3 is 5.97 Å². The number of aryl methyl sites for hydroxylation is 1. The smallest absolute Gasteiger partial charge is 0.373 e. The van der Waals surface area contributed by atoms with Crippen LogP contribution in [0.2, 0.25) is 0 Å². The van der Waals surface area contributed by atoms with Crippen molar-refractivity contribution >= 4 is 11.9 Å². The van der Waals surface area contributed by atoms with Gasteiger partial charge in [-0.3, -0.25) is 4.79 Å². The first-order valence-electron chi connectivity index (χ1n) is 8.40. The Bertz CT molecular complexity index is 790. The summed E-state index contributed by atoms with van der Waals surface area (Å²) in [5.41, 5.74) is 1.53. The molecule has 0 aliphatic carbocycles. The number of rotatable bonds is 5. The lowest BCUT2D eigenvalue weighted by Gasteiger charge is -2.18. The van der Waals surface area contributed by atoms with Crippen LogP contribution in [0.15, 0.2) is 16.7 Å². The van der Waals surface area contributed by atoms with E-state index in [4.69, 9.17) is 4.42 Å². The molecule has 1 N–H and O–H groups in total. The number of imidazole rings is 1. The Labute approximate surface area is 146 Å². The van der Waals surface area contributed by atoms with Crippen LogP contribution in [0.4, 0.5) is 0 Å². The van der Waals surface area contributed by atoms with Gasteiger partial charge in [0.25, 0.3) is 0 Å². The topological polar surface area (TPSA) is 88.4 Å². The van der Waals surface area contributed by atoms with Gasteiger partial charge < -0.3 is 19.0 Å². The van der Waals surface area contributed by atoms with E-state index in [2.05, 4.69) is 28.6 Å². The molecule has 1 unspecified atom stereocenters. The van der Waals surface area contributed by atoms with Crippen molar-refractivity contribution in [2.75, 3.05) is 20.2 Å². The summed E-state index contributed by atoms with van der Waals surface area (Å²) in [6.07, 6.45) is 2.18. The minimum atomic E-state index is -0.514. The first kappa shape index (κ1) is 17.3. The molecule has 1 saturated heterocycles. The van der Waals surface area contributed by atoms with E-state index in [0.29, 0.717) is 24.6 Å².